The number of hydrogen-bond acceptors (Lipinski definition) is 11. The summed E-state index contributed by atoms with van der Waals surface area (Å²) >= 11 is 0.692. The molecule has 2 heterocycles. The van der Waals surface area contributed by atoms with Crippen molar-refractivity contribution in [2.24, 2.45) is 0 Å². The van der Waals surface area contributed by atoms with Crippen LogP contribution in [-0.4, -0.2) is 75.5 Å². The van der Waals surface area contributed by atoms with Crippen molar-refractivity contribution in [1.82, 2.24) is 9.80 Å². The molecule has 0 atom stereocenters. The van der Waals surface area contributed by atoms with E-state index in [0.717, 1.165) is 23.1 Å². The second kappa shape index (κ2) is 11.2. The minimum Gasteiger partial charge on any atom is -0.423 e. The van der Waals surface area contributed by atoms with Crippen molar-refractivity contribution in [3.8, 4) is 5.75 Å². The van der Waals surface area contributed by atoms with Crippen LogP contribution >= 0.6 is 11.8 Å². The van der Waals surface area contributed by atoms with Crippen molar-refractivity contribution in [1.29, 1.82) is 0 Å². The standard InChI is InChI=1S/C23H18N4O10S/c28-20(24-5-7-36-8-6-24)13-25-21(29)19(38-23(25)31)9-14-1-3-18(4-2-14)37-22(30)15-10-16(26(32)33)12-17(11-15)27(34)35/h1-4,9-12H,5-8,13H2/b19-9-. The lowest BCUT2D eigenvalue weighted by atomic mass is 10.1. The van der Waals surface area contributed by atoms with Gasteiger partial charge in [-0.15, -0.1) is 0 Å². The van der Waals surface area contributed by atoms with Crippen LogP contribution in [0, 0.1) is 20.2 Å². The van der Waals surface area contributed by atoms with Gasteiger partial charge < -0.3 is 14.4 Å². The average Bonchev–Trinajstić information content (AvgIpc) is 3.17. The molecule has 0 aromatic heterocycles. The van der Waals surface area contributed by atoms with Crippen LogP contribution in [0.1, 0.15) is 15.9 Å². The highest BCUT2D eigenvalue weighted by molar-refractivity contribution is 8.18. The Balaban J connectivity index is 1.42. The minimum absolute atomic E-state index is 0.0329. The number of rotatable bonds is 7. The molecule has 3 amide bonds. The maximum atomic E-state index is 12.7. The van der Waals surface area contributed by atoms with Gasteiger partial charge in [-0.1, -0.05) is 12.1 Å². The number of imide groups is 1. The maximum Gasteiger partial charge on any atom is 0.344 e. The van der Waals surface area contributed by atoms with Crippen molar-refractivity contribution in [2.75, 3.05) is 32.8 Å². The van der Waals surface area contributed by atoms with Crippen LogP contribution in [0.25, 0.3) is 6.08 Å². The van der Waals surface area contributed by atoms with E-state index in [1.807, 2.05) is 0 Å². The van der Waals surface area contributed by atoms with E-state index in [1.54, 1.807) is 0 Å². The Morgan fingerprint density at radius 3 is 2.18 bits per heavy atom. The summed E-state index contributed by atoms with van der Waals surface area (Å²) < 4.78 is 10.4. The van der Waals surface area contributed by atoms with Gasteiger partial charge in [0.1, 0.15) is 12.3 Å². The lowest BCUT2D eigenvalue weighted by molar-refractivity contribution is -0.394. The molecule has 2 aromatic rings. The van der Waals surface area contributed by atoms with Gasteiger partial charge in [-0.25, -0.2) is 4.79 Å². The van der Waals surface area contributed by atoms with Crippen LogP contribution in [0.3, 0.4) is 0 Å². The molecule has 2 aliphatic heterocycles. The summed E-state index contributed by atoms with van der Waals surface area (Å²) in [5, 5.41) is 21.5. The quantitative estimate of drug-likeness (QED) is 0.165. The number of thioether (sulfide) groups is 1. The predicted octanol–water partition coefficient (Wildman–Crippen LogP) is 2.62. The molecule has 14 nitrogen and oxygen atoms in total. The molecule has 0 bridgehead atoms. The third-order valence-corrected chi connectivity index (χ3v) is 6.39. The number of hydrogen-bond donors (Lipinski definition) is 0. The number of nitro groups is 2. The van der Waals surface area contributed by atoms with Gasteiger partial charge in [0.05, 0.1) is 39.6 Å². The number of ether oxygens (including phenoxy) is 2. The molecular formula is C23H18N4O10S. The summed E-state index contributed by atoms with van der Waals surface area (Å²) in [6.07, 6.45) is 1.44. The highest BCUT2D eigenvalue weighted by atomic mass is 32.2. The van der Waals surface area contributed by atoms with Crippen molar-refractivity contribution in [3.63, 3.8) is 0 Å². The molecule has 2 aliphatic rings. The molecule has 2 fully saturated rings. The fraction of sp³-hybridized carbons (Fsp3) is 0.217. The summed E-state index contributed by atoms with van der Waals surface area (Å²) in [4.78, 5) is 72.8. The molecule has 2 aromatic carbocycles. The molecule has 0 radical (unpaired) electrons. The Kier molecular flexibility index (Phi) is 7.78. The van der Waals surface area contributed by atoms with Gasteiger partial charge >= 0.3 is 5.97 Å². The number of carbonyl (C=O) groups is 4. The second-order valence-corrected chi connectivity index (χ2v) is 8.97. The zero-order valence-electron chi connectivity index (χ0n) is 19.4. The van der Waals surface area contributed by atoms with Crippen LogP contribution in [0.4, 0.5) is 16.2 Å². The fourth-order valence-electron chi connectivity index (χ4n) is 3.56. The highest BCUT2D eigenvalue weighted by Gasteiger charge is 2.37. The van der Waals surface area contributed by atoms with Gasteiger partial charge in [0.2, 0.25) is 5.91 Å². The Morgan fingerprint density at radius 1 is 1.00 bits per heavy atom. The Labute approximate surface area is 218 Å². The molecule has 196 valence electrons. The third-order valence-electron chi connectivity index (χ3n) is 5.48. The molecular weight excluding hydrogens is 524 g/mol. The summed E-state index contributed by atoms with van der Waals surface area (Å²) in [7, 11) is 0. The molecule has 4 rings (SSSR count). The largest absolute Gasteiger partial charge is 0.423 e. The number of esters is 1. The summed E-state index contributed by atoms with van der Waals surface area (Å²) in [5.74, 6) is -1.97. The van der Waals surface area contributed by atoms with Crippen LogP contribution in [0.15, 0.2) is 47.4 Å². The first-order valence-electron chi connectivity index (χ1n) is 11.0. The van der Waals surface area contributed by atoms with Crippen LogP contribution in [0.2, 0.25) is 0 Å². The first-order valence-corrected chi connectivity index (χ1v) is 11.8. The van der Waals surface area contributed by atoms with E-state index in [2.05, 4.69) is 0 Å². The van der Waals surface area contributed by atoms with Gasteiger partial charge in [0.25, 0.3) is 22.5 Å². The summed E-state index contributed by atoms with van der Waals surface area (Å²) in [5.41, 5.74) is -1.17. The topological polar surface area (TPSA) is 180 Å². The van der Waals surface area contributed by atoms with E-state index in [4.69, 9.17) is 9.47 Å². The Hall–Kier alpha value is -4.63. The highest BCUT2D eigenvalue weighted by Crippen LogP contribution is 2.32. The molecule has 15 heteroatoms. The maximum absolute atomic E-state index is 12.7. The third kappa shape index (κ3) is 6.01. The Morgan fingerprint density at radius 2 is 1.61 bits per heavy atom. The lowest BCUT2D eigenvalue weighted by Crippen LogP contribution is -2.46. The van der Waals surface area contributed by atoms with Crippen LogP contribution in [-0.2, 0) is 14.3 Å². The summed E-state index contributed by atoms with van der Waals surface area (Å²) in [6.45, 7) is 1.19. The zero-order chi connectivity index (χ0) is 27.4. The van der Waals surface area contributed by atoms with Gasteiger partial charge in [-0.3, -0.25) is 39.5 Å². The number of nitrogens with zero attached hydrogens (tertiary/aromatic N) is 4. The van der Waals surface area contributed by atoms with E-state index in [-0.39, 0.29) is 28.7 Å². The van der Waals surface area contributed by atoms with Gasteiger partial charge in [-0.05, 0) is 35.5 Å². The first kappa shape index (κ1) is 26.4. The van der Waals surface area contributed by atoms with E-state index in [9.17, 15) is 39.4 Å². The normalized spacial score (nSPS) is 16.6. The predicted molar refractivity (Wildman–Crippen MR) is 131 cm³/mol. The molecule has 0 N–H and O–H groups in total. The SMILES string of the molecule is O=C(Oc1ccc(/C=C2\SC(=O)N(CC(=O)N3CCOCC3)C2=O)cc1)c1cc([N+](=O)[O-])cc([N+](=O)[O-])c1. The average molecular weight is 542 g/mol. The molecule has 38 heavy (non-hydrogen) atoms. The molecule has 2 saturated heterocycles. The second-order valence-electron chi connectivity index (χ2n) is 7.97. The number of benzene rings is 2. The lowest BCUT2D eigenvalue weighted by Gasteiger charge is -2.28. The van der Waals surface area contributed by atoms with Crippen LogP contribution < -0.4 is 4.74 Å². The Bertz CT molecular complexity index is 1340. The molecule has 0 spiro atoms. The van der Waals surface area contributed by atoms with E-state index >= 15 is 0 Å². The number of morpholine rings is 1. The summed E-state index contributed by atoms with van der Waals surface area (Å²) in [6, 6.07) is 8.19. The van der Waals surface area contributed by atoms with Crippen molar-refractivity contribution in [2.45, 2.75) is 0 Å². The fourth-order valence-corrected chi connectivity index (χ4v) is 4.40. The zero-order valence-corrected chi connectivity index (χ0v) is 20.3. The number of nitro benzene ring substituents is 2. The molecule has 0 saturated carbocycles. The monoisotopic (exact) mass is 542 g/mol. The molecule has 0 unspecified atom stereocenters. The number of carbonyl (C=O) groups excluding carboxylic acids is 4. The van der Waals surface area contributed by atoms with E-state index in [1.165, 1.54) is 35.2 Å². The van der Waals surface area contributed by atoms with Gasteiger partial charge in [0, 0.05) is 25.2 Å². The van der Waals surface area contributed by atoms with Crippen molar-refractivity contribution < 1.29 is 38.5 Å². The molecule has 0 aliphatic carbocycles. The van der Waals surface area contributed by atoms with Gasteiger partial charge in [-0.2, -0.15) is 0 Å². The first-order chi connectivity index (χ1) is 18.1. The smallest absolute Gasteiger partial charge is 0.344 e. The van der Waals surface area contributed by atoms with Gasteiger partial charge in [0.15, 0.2) is 0 Å². The van der Waals surface area contributed by atoms with E-state index < -0.39 is 38.3 Å². The van der Waals surface area contributed by atoms with Crippen LogP contribution in [0.5, 0.6) is 5.75 Å². The van der Waals surface area contributed by atoms with E-state index in [0.29, 0.717) is 43.6 Å². The van der Waals surface area contributed by atoms with Crippen molar-refractivity contribution in [3.05, 3.63) is 78.7 Å². The van der Waals surface area contributed by atoms with Crippen molar-refractivity contribution >= 4 is 52.2 Å². The number of non-ortho nitro benzene ring substituents is 2. The number of amides is 3. The minimum atomic E-state index is -1.05.